The van der Waals surface area contributed by atoms with Gasteiger partial charge >= 0.3 is 6.09 Å². The molecule has 2 aromatic carbocycles. The van der Waals surface area contributed by atoms with Crippen molar-refractivity contribution >= 4 is 17.9 Å². The summed E-state index contributed by atoms with van der Waals surface area (Å²) in [5.74, 6) is -1.00. The predicted molar refractivity (Wildman–Crippen MR) is 99.0 cm³/mol. The number of hydrogen-bond donors (Lipinski definition) is 1. The van der Waals surface area contributed by atoms with Gasteiger partial charge in [-0.3, -0.25) is 19.8 Å². The van der Waals surface area contributed by atoms with Crippen LogP contribution in [0, 0.1) is 0 Å². The average molecular weight is 364 g/mol. The first-order valence-corrected chi connectivity index (χ1v) is 9.05. The van der Waals surface area contributed by atoms with Gasteiger partial charge in [0, 0.05) is 5.92 Å². The van der Waals surface area contributed by atoms with Crippen molar-refractivity contribution in [2.75, 3.05) is 13.2 Å². The van der Waals surface area contributed by atoms with Crippen molar-refractivity contribution < 1.29 is 19.1 Å². The van der Waals surface area contributed by atoms with Crippen molar-refractivity contribution in [2.24, 2.45) is 0 Å². The van der Waals surface area contributed by atoms with E-state index in [0.717, 1.165) is 22.3 Å². The van der Waals surface area contributed by atoms with Crippen LogP contribution in [0.5, 0.6) is 0 Å². The van der Waals surface area contributed by atoms with E-state index in [9.17, 15) is 14.4 Å². The summed E-state index contributed by atoms with van der Waals surface area (Å²) < 4.78 is 5.56. The first-order valence-electron chi connectivity index (χ1n) is 9.05. The summed E-state index contributed by atoms with van der Waals surface area (Å²) in [6.07, 6.45) is -0.213. The number of piperazine rings is 1. The van der Waals surface area contributed by atoms with Gasteiger partial charge in [0.1, 0.15) is 19.2 Å². The third kappa shape index (κ3) is 2.97. The Balaban J connectivity index is 1.54. The highest BCUT2D eigenvalue weighted by molar-refractivity contribution is 6.03. The summed E-state index contributed by atoms with van der Waals surface area (Å²) in [6.45, 7) is 1.79. The average Bonchev–Trinajstić information content (AvgIpc) is 2.99. The molecule has 1 N–H and O–H groups in total. The van der Waals surface area contributed by atoms with Crippen molar-refractivity contribution in [1.29, 1.82) is 0 Å². The van der Waals surface area contributed by atoms with Gasteiger partial charge < -0.3 is 4.74 Å². The minimum Gasteiger partial charge on any atom is -0.448 e. The Morgan fingerprint density at radius 1 is 1.07 bits per heavy atom. The second-order valence-corrected chi connectivity index (χ2v) is 6.77. The van der Waals surface area contributed by atoms with Crippen molar-refractivity contribution in [1.82, 2.24) is 10.2 Å². The van der Waals surface area contributed by atoms with Gasteiger partial charge in [0.2, 0.25) is 11.8 Å². The molecule has 2 aromatic rings. The van der Waals surface area contributed by atoms with Crippen LogP contribution < -0.4 is 5.32 Å². The molecule has 1 aliphatic heterocycles. The lowest BCUT2D eigenvalue weighted by atomic mass is 9.98. The molecule has 0 bridgehead atoms. The van der Waals surface area contributed by atoms with Crippen LogP contribution in [0.3, 0.4) is 0 Å². The number of amides is 3. The smallest absolute Gasteiger partial charge is 0.410 e. The first-order chi connectivity index (χ1) is 13.1. The Hall–Kier alpha value is -3.15. The van der Waals surface area contributed by atoms with E-state index in [1.54, 1.807) is 6.92 Å². The van der Waals surface area contributed by atoms with Crippen LogP contribution in [0.2, 0.25) is 0 Å². The lowest BCUT2D eigenvalue weighted by Gasteiger charge is -2.32. The number of imide groups is 1. The normalized spacial score (nSPS) is 18.7. The second kappa shape index (κ2) is 6.87. The van der Waals surface area contributed by atoms with Gasteiger partial charge in [0.15, 0.2) is 0 Å². The lowest BCUT2D eigenvalue weighted by molar-refractivity contribution is -0.139. The predicted octanol–water partition coefficient (Wildman–Crippen LogP) is 2.67. The maximum atomic E-state index is 12.6. The van der Waals surface area contributed by atoms with Crippen molar-refractivity contribution in [3.05, 3.63) is 59.7 Å². The van der Waals surface area contributed by atoms with Crippen LogP contribution in [0.25, 0.3) is 11.1 Å². The third-order valence-corrected chi connectivity index (χ3v) is 5.21. The number of carbonyl (C=O) groups excluding carboxylic acids is 3. The molecule has 1 heterocycles. The minimum atomic E-state index is -0.682. The molecule has 0 spiro atoms. The lowest BCUT2D eigenvalue weighted by Crippen LogP contribution is -2.59. The molecule has 1 fully saturated rings. The van der Waals surface area contributed by atoms with E-state index in [0.29, 0.717) is 6.42 Å². The zero-order valence-corrected chi connectivity index (χ0v) is 15.0. The van der Waals surface area contributed by atoms with Crippen LogP contribution in [-0.4, -0.2) is 42.0 Å². The Morgan fingerprint density at radius 3 is 2.26 bits per heavy atom. The molecule has 138 valence electrons. The second-order valence-electron chi connectivity index (χ2n) is 6.77. The van der Waals surface area contributed by atoms with Crippen LogP contribution >= 0.6 is 0 Å². The molecule has 4 rings (SSSR count). The van der Waals surface area contributed by atoms with Crippen LogP contribution in [0.1, 0.15) is 30.4 Å². The van der Waals surface area contributed by atoms with Crippen molar-refractivity contribution in [3.63, 3.8) is 0 Å². The zero-order chi connectivity index (χ0) is 19.0. The van der Waals surface area contributed by atoms with Crippen LogP contribution in [0.4, 0.5) is 4.79 Å². The first kappa shape index (κ1) is 17.3. The summed E-state index contributed by atoms with van der Waals surface area (Å²) in [4.78, 5) is 37.4. The standard InChI is InChI=1S/C21H20N2O4/c1-2-18-20(25)22-19(24)11-23(18)21(26)27-12-17-15-9-5-3-7-13(15)14-8-4-6-10-16(14)17/h3-10,17-18H,2,11-12H2,1H3,(H,22,24,25). The molecule has 27 heavy (non-hydrogen) atoms. The van der Waals surface area contributed by atoms with Gasteiger partial charge in [-0.2, -0.15) is 0 Å². The molecule has 1 aliphatic carbocycles. The van der Waals surface area contributed by atoms with E-state index in [1.807, 2.05) is 36.4 Å². The van der Waals surface area contributed by atoms with Gasteiger partial charge in [-0.15, -0.1) is 0 Å². The zero-order valence-electron chi connectivity index (χ0n) is 15.0. The molecule has 0 saturated carbocycles. The van der Waals surface area contributed by atoms with E-state index in [4.69, 9.17) is 4.74 Å². The summed E-state index contributed by atoms with van der Waals surface area (Å²) in [6, 6.07) is 15.5. The van der Waals surface area contributed by atoms with Crippen LogP contribution in [0.15, 0.2) is 48.5 Å². The fraction of sp³-hybridized carbons (Fsp3) is 0.286. The van der Waals surface area contributed by atoms with Gasteiger partial charge in [0.25, 0.3) is 0 Å². The molecule has 1 unspecified atom stereocenters. The maximum absolute atomic E-state index is 12.6. The molecule has 6 heteroatoms. The quantitative estimate of drug-likeness (QED) is 0.850. The summed E-state index contributed by atoms with van der Waals surface area (Å²) in [7, 11) is 0. The van der Waals surface area contributed by atoms with Gasteiger partial charge in [-0.1, -0.05) is 55.5 Å². The largest absolute Gasteiger partial charge is 0.448 e. The summed E-state index contributed by atoms with van der Waals surface area (Å²) in [5.41, 5.74) is 4.53. The highest BCUT2D eigenvalue weighted by atomic mass is 16.6. The Labute approximate surface area is 157 Å². The van der Waals surface area contributed by atoms with E-state index < -0.39 is 23.9 Å². The Morgan fingerprint density at radius 2 is 1.67 bits per heavy atom. The maximum Gasteiger partial charge on any atom is 0.410 e. The summed E-state index contributed by atoms with van der Waals surface area (Å²) >= 11 is 0. The van der Waals surface area contributed by atoms with Crippen LogP contribution in [-0.2, 0) is 14.3 Å². The number of fused-ring (bicyclic) bond motifs is 3. The third-order valence-electron chi connectivity index (χ3n) is 5.21. The molecule has 0 aromatic heterocycles. The monoisotopic (exact) mass is 364 g/mol. The van der Waals surface area contributed by atoms with Gasteiger partial charge in [0.05, 0.1) is 0 Å². The van der Waals surface area contributed by atoms with E-state index >= 15 is 0 Å². The molecular formula is C21H20N2O4. The van der Waals surface area contributed by atoms with E-state index in [-0.39, 0.29) is 19.1 Å². The number of nitrogens with zero attached hydrogens (tertiary/aromatic N) is 1. The number of ether oxygens (including phenoxy) is 1. The number of rotatable bonds is 3. The van der Waals surface area contributed by atoms with Crippen molar-refractivity contribution in [2.45, 2.75) is 25.3 Å². The molecule has 6 nitrogen and oxygen atoms in total. The van der Waals surface area contributed by atoms with E-state index in [1.165, 1.54) is 4.90 Å². The number of hydrogen-bond acceptors (Lipinski definition) is 4. The number of nitrogens with one attached hydrogen (secondary N) is 1. The molecule has 0 radical (unpaired) electrons. The van der Waals surface area contributed by atoms with E-state index in [2.05, 4.69) is 17.4 Å². The highest BCUT2D eigenvalue weighted by Gasteiger charge is 2.37. The summed E-state index contributed by atoms with van der Waals surface area (Å²) in [5, 5.41) is 2.26. The van der Waals surface area contributed by atoms with Crippen molar-refractivity contribution in [3.8, 4) is 11.1 Å². The molecule has 2 aliphatic rings. The topological polar surface area (TPSA) is 75.7 Å². The fourth-order valence-corrected chi connectivity index (χ4v) is 3.94. The SMILES string of the molecule is CCC1C(=O)NC(=O)CN1C(=O)OCC1c2ccccc2-c2ccccc21. The van der Waals surface area contributed by atoms with Gasteiger partial charge in [-0.25, -0.2) is 4.79 Å². The Kier molecular flexibility index (Phi) is 4.39. The highest BCUT2D eigenvalue weighted by Crippen LogP contribution is 2.44. The number of carbonyl (C=O) groups is 3. The minimum absolute atomic E-state index is 0.0595. The molecule has 1 atom stereocenters. The molecular weight excluding hydrogens is 344 g/mol. The number of benzene rings is 2. The fourth-order valence-electron chi connectivity index (χ4n) is 3.94. The molecule has 3 amide bonds. The Bertz CT molecular complexity index is 878. The molecule has 1 saturated heterocycles. The van der Waals surface area contributed by atoms with Gasteiger partial charge in [-0.05, 0) is 28.7 Å².